The van der Waals surface area contributed by atoms with Gasteiger partial charge in [0.05, 0.1) is 29.8 Å². The fourth-order valence-electron chi connectivity index (χ4n) is 3.09. The second kappa shape index (κ2) is 10.1. The minimum Gasteiger partial charge on any atom is -0.497 e. The van der Waals surface area contributed by atoms with Crippen LogP contribution in [0.1, 0.15) is 33.3 Å². The summed E-state index contributed by atoms with van der Waals surface area (Å²) < 4.78 is 6.75. The van der Waals surface area contributed by atoms with E-state index in [2.05, 4.69) is 15.6 Å². The van der Waals surface area contributed by atoms with Crippen LogP contribution in [0.2, 0.25) is 0 Å². The van der Waals surface area contributed by atoms with Crippen LogP contribution in [0.15, 0.2) is 58.5 Å². The second-order valence-corrected chi connectivity index (χ2v) is 9.91. The molecule has 3 aromatic rings. The summed E-state index contributed by atoms with van der Waals surface area (Å²) >= 11 is 1.13. The summed E-state index contributed by atoms with van der Waals surface area (Å²) in [7, 11) is 1.59. The first-order valence-electron chi connectivity index (χ1n) is 10.5. The van der Waals surface area contributed by atoms with Crippen molar-refractivity contribution in [2.24, 2.45) is 0 Å². The number of thioether (sulfide) groups is 1. The van der Waals surface area contributed by atoms with Gasteiger partial charge in [0.15, 0.2) is 5.16 Å². The van der Waals surface area contributed by atoms with E-state index in [4.69, 9.17) is 4.74 Å². The van der Waals surface area contributed by atoms with Gasteiger partial charge in [-0.25, -0.2) is 9.78 Å². The summed E-state index contributed by atoms with van der Waals surface area (Å²) in [5, 5.41) is 5.28. The van der Waals surface area contributed by atoms with E-state index in [1.165, 1.54) is 0 Å². The Morgan fingerprint density at radius 1 is 1.12 bits per heavy atom. The highest BCUT2D eigenvalue weighted by Gasteiger charge is 2.23. The van der Waals surface area contributed by atoms with E-state index in [9.17, 15) is 14.4 Å². The molecule has 2 N–H and O–H groups in total. The zero-order valence-corrected chi connectivity index (χ0v) is 20.2. The molecule has 1 heterocycles. The summed E-state index contributed by atoms with van der Waals surface area (Å²) in [5.74, 6) is 0.247. The van der Waals surface area contributed by atoms with Crippen LogP contribution >= 0.6 is 11.8 Å². The molecule has 33 heavy (non-hydrogen) atoms. The molecule has 1 aromatic heterocycles. The van der Waals surface area contributed by atoms with Crippen LogP contribution in [-0.2, 0) is 11.3 Å². The predicted molar refractivity (Wildman–Crippen MR) is 130 cm³/mol. The van der Waals surface area contributed by atoms with Crippen LogP contribution in [0.25, 0.3) is 10.9 Å². The lowest BCUT2D eigenvalue weighted by Crippen LogP contribution is -2.49. The summed E-state index contributed by atoms with van der Waals surface area (Å²) in [6.07, 6.45) is 0. The lowest BCUT2D eigenvalue weighted by molar-refractivity contribution is -0.119. The number of carbonyl (C=O) groups is 2. The number of nitrogens with zero attached hydrogens (tertiary/aromatic N) is 2. The van der Waals surface area contributed by atoms with E-state index in [1.807, 2.05) is 51.1 Å². The average Bonchev–Trinajstić information content (AvgIpc) is 2.75. The molecule has 9 heteroatoms. The number of rotatable bonds is 6. The van der Waals surface area contributed by atoms with Gasteiger partial charge in [-0.05, 0) is 57.5 Å². The van der Waals surface area contributed by atoms with E-state index < -0.39 is 22.7 Å². The molecular weight excluding hydrogens is 440 g/mol. The number of methoxy groups -OCH3 is 1. The summed E-state index contributed by atoms with van der Waals surface area (Å²) in [6, 6.07) is 13.9. The van der Waals surface area contributed by atoms with Crippen molar-refractivity contribution in [1.29, 1.82) is 0 Å². The molecule has 0 fully saturated rings. The number of aromatic nitrogens is 2. The van der Waals surface area contributed by atoms with Crippen molar-refractivity contribution < 1.29 is 14.3 Å². The number of urea groups is 1. The number of nitrogens with one attached hydrogen (secondary N) is 2. The normalized spacial score (nSPS) is 12.3. The molecule has 2 aromatic carbocycles. The first-order valence-corrected chi connectivity index (χ1v) is 11.4. The molecule has 0 saturated carbocycles. The van der Waals surface area contributed by atoms with Crippen molar-refractivity contribution in [3.05, 3.63) is 64.4 Å². The highest BCUT2D eigenvalue weighted by Crippen LogP contribution is 2.24. The van der Waals surface area contributed by atoms with Gasteiger partial charge in [-0.15, -0.1) is 0 Å². The monoisotopic (exact) mass is 468 g/mol. The summed E-state index contributed by atoms with van der Waals surface area (Å²) in [4.78, 5) is 42.6. The molecule has 3 rings (SSSR count). The zero-order chi connectivity index (χ0) is 24.2. The van der Waals surface area contributed by atoms with E-state index in [-0.39, 0.29) is 12.1 Å². The first kappa shape index (κ1) is 24.3. The van der Waals surface area contributed by atoms with E-state index in [0.717, 1.165) is 23.1 Å². The van der Waals surface area contributed by atoms with E-state index >= 15 is 0 Å². The number of fused-ring (bicyclic) bond motifs is 1. The van der Waals surface area contributed by atoms with E-state index in [0.29, 0.717) is 16.1 Å². The van der Waals surface area contributed by atoms with Gasteiger partial charge in [-0.1, -0.05) is 36.0 Å². The summed E-state index contributed by atoms with van der Waals surface area (Å²) in [5.41, 5.74) is 0.768. The van der Waals surface area contributed by atoms with Gasteiger partial charge in [0, 0.05) is 5.54 Å². The van der Waals surface area contributed by atoms with Crippen LogP contribution in [-0.4, -0.2) is 39.4 Å². The van der Waals surface area contributed by atoms with Crippen molar-refractivity contribution in [3.8, 4) is 5.75 Å². The van der Waals surface area contributed by atoms with Gasteiger partial charge in [-0.3, -0.25) is 19.5 Å². The standard InChI is InChI=1S/C24H28N4O4S/c1-15(20(29)26-22(31)27-24(2,3)4)33-23-25-19-9-7-6-8-18(19)21(30)28(23)14-16-10-12-17(32-5)13-11-16/h6-13,15H,14H2,1-5H3,(H2,26,27,29,31). The SMILES string of the molecule is COc1ccc(Cn2c(SC(C)C(=O)NC(=O)NC(C)(C)C)nc3ccccc3c2=O)cc1. The van der Waals surface area contributed by atoms with Crippen molar-refractivity contribution >= 4 is 34.6 Å². The minimum atomic E-state index is -0.661. The molecule has 3 amide bonds. The Kier molecular flexibility index (Phi) is 7.43. The third-order valence-electron chi connectivity index (χ3n) is 4.70. The number of ether oxygens (including phenoxy) is 1. The number of amides is 3. The fourth-order valence-corrected chi connectivity index (χ4v) is 4.00. The number of hydrogen-bond acceptors (Lipinski definition) is 6. The van der Waals surface area contributed by atoms with Gasteiger partial charge in [0.2, 0.25) is 5.91 Å². The van der Waals surface area contributed by atoms with Gasteiger partial charge < -0.3 is 10.1 Å². The predicted octanol–water partition coefficient (Wildman–Crippen LogP) is 3.56. The van der Waals surface area contributed by atoms with Crippen LogP contribution in [0.5, 0.6) is 5.75 Å². The van der Waals surface area contributed by atoms with Gasteiger partial charge in [-0.2, -0.15) is 0 Å². The van der Waals surface area contributed by atoms with Crippen molar-refractivity contribution in [2.45, 2.75) is 50.2 Å². The third kappa shape index (κ3) is 6.35. The molecule has 0 aliphatic heterocycles. The molecule has 0 radical (unpaired) electrons. The number of carbonyl (C=O) groups excluding carboxylic acids is 2. The van der Waals surface area contributed by atoms with Crippen LogP contribution in [0, 0.1) is 0 Å². The van der Waals surface area contributed by atoms with Crippen LogP contribution in [0.3, 0.4) is 0 Å². The Hall–Kier alpha value is -3.33. The Balaban J connectivity index is 1.90. The molecule has 0 spiro atoms. The number of para-hydroxylation sites is 1. The van der Waals surface area contributed by atoms with Crippen molar-refractivity contribution in [3.63, 3.8) is 0 Å². The highest BCUT2D eigenvalue weighted by atomic mass is 32.2. The minimum absolute atomic E-state index is 0.197. The smallest absolute Gasteiger partial charge is 0.321 e. The maximum Gasteiger partial charge on any atom is 0.321 e. The molecule has 0 aliphatic carbocycles. The largest absolute Gasteiger partial charge is 0.497 e. The Bertz CT molecular complexity index is 1220. The third-order valence-corrected chi connectivity index (χ3v) is 5.79. The van der Waals surface area contributed by atoms with Gasteiger partial charge in [0.25, 0.3) is 5.56 Å². The van der Waals surface area contributed by atoms with Gasteiger partial charge >= 0.3 is 6.03 Å². The highest BCUT2D eigenvalue weighted by molar-refractivity contribution is 8.00. The molecule has 1 atom stereocenters. The summed E-state index contributed by atoms with van der Waals surface area (Å²) in [6.45, 7) is 7.43. The quantitative estimate of drug-likeness (QED) is 0.424. The lowest BCUT2D eigenvalue weighted by atomic mass is 10.1. The Morgan fingerprint density at radius 2 is 1.79 bits per heavy atom. The lowest BCUT2D eigenvalue weighted by Gasteiger charge is -2.21. The van der Waals surface area contributed by atoms with Crippen LogP contribution in [0.4, 0.5) is 4.79 Å². The topological polar surface area (TPSA) is 102 Å². The molecule has 8 nitrogen and oxygen atoms in total. The van der Waals surface area contributed by atoms with E-state index in [1.54, 1.807) is 36.8 Å². The Labute approximate surface area is 196 Å². The molecular formula is C24H28N4O4S. The average molecular weight is 469 g/mol. The van der Waals surface area contributed by atoms with Crippen LogP contribution < -0.4 is 20.9 Å². The zero-order valence-electron chi connectivity index (χ0n) is 19.3. The molecule has 1 unspecified atom stereocenters. The van der Waals surface area contributed by atoms with Gasteiger partial charge in [0.1, 0.15) is 5.75 Å². The number of imide groups is 1. The Morgan fingerprint density at radius 3 is 2.42 bits per heavy atom. The second-order valence-electron chi connectivity index (χ2n) is 8.60. The first-order chi connectivity index (χ1) is 15.6. The molecule has 174 valence electrons. The number of benzene rings is 2. The molecule has 0 saturated heterocycles. The number of hydrogen-bond donors (Lipinski definition) is 2. The maximum atomic E-state index is 13.3. The molecule has 0 aliphatic rings. The molecule has 0 bridgehead atoms. The fraction of sp³-hybridized carbons (Fsp3) is 0.333. The maximum absolute atomic E-state index is 13.3. The van der Waals surface area contributed by atoms with Crippen molar-refractivity contribution in [1.82, 2.24) is 20.2 Å². The van der Waals surface area contributed by atoms with Crippen molar-refractivity contribution in [2.75, 3.05) is 7.11 Å².